The first-order chi connectivity index (χ1) is 15.2. The lowest BCUT2D eigenvalue weighted by Crippen LogP contribution is -2.51. The lowest BCUT2D eigenvalue weighted by atomic mass is 9.93. The Morgan fingerprint density at radius 2 is 1.34 bits per heavy atom. The monoisotopic (exact) mass is 450 g/mol. The number of ether oxygens (including phenoxy) is 1. The molecule has 0 bridgehead atoms. The normalized spacial score (nSPS) is 21.8. The van der Waals surface area contributed by atoms with Gasteiger partial charge in [0.1, 0.15) is 5.60 Å². The summed E-state index contributed by atoms with van der Waals surface area (Å²) in [6.45, 7) is 8.28. The Hall–Kier alpha value is -1.99. The van der Waals surface area contributed by atoms with E-state index in [0.717, 1.165) is 38.5 Å². The largest absolute Gasteiger partial charge is 0.444 e. The summed E-state index contributed by atoms with van der Waals surface area (Å²) in [6.07, 6.45) is 9.38. The van der Waals surface area contributed by atoms with Gasteiger partial charge in [-0.3, -0.25) is 4.79 Å². The zero-order valence-electron chi connectivity index (χ0n) is 20.2. The van der Waals surface area contributed by atoms with Gasteiger partial charge in [0.05, 0.1) is 0 Å². The molecular formula is C24H42N4O4. The van der Waals surface area contributed by atoms with Gasteiger partial charge in [-0.25, -0.2) is 9.59 Å². The maximum atomic E-state index is 12.6. The van der Waals surface area contributed by atoms with E-state index in [9.17, 15) is 14.4 Å². The Bertz CT molecular complexity index is 641. The molecule has 0 aromatic carbocycles. The molecule has 32 heavy (non-hydrogen) atoms. The van der Waals surface area contributed by atoms with Crippen LogP contribution in [0.5, 0.6) is 0 Å². The zero-order chi connectivity index (χ0) is 23.1. The number of rotatable bonds is 4. The molecule has 8 nitrogen and oxygen atoms in total. The maximum Gasteiger partial charge on any atom is 0.410 e. The average Bonchev–Trinajstić information content (AvgIpc) is 2.74. The topological polar surface area (TPSA) is 91.0 Å². The summed E-state index contributed by atoms with van der Waals surface area (Å²) in [4.78, 5) is 40.9. The highest BCUT2D eigenvalue weighted by Crippen LogP contribution is 2.23. The molecule has 1 saturated carbocycles. The summed E-state index contributed by atoms with van der Waals surface area (Å²) < 4.78 is 5.44. The number of urea groups is 1. The molecule has 1 aliphatic carbocycles. The first-order valence-electron chi connectivity index (χ1n) is 12.5. The Kier molecular flexibility index (Phi) is 8.65. The molecule has 0 unspecified atom stereocenters. The summed E-state index contributed by atoms with van der Waals surface area (Å²) in [7, 11) is 0. The van der Waals surface area contributed by atoms with Crippen LogP contribution in [0.2, 0.25) is 0 Å². The van der Waals surface area contributed by atoms with Gasteiger partial charge in [-0.2, -0.15) is 0 Å². The molecule has 0 atom stereocenters. The Morgan fingerprint density at radius 3 is 1.94 bits per heavy atom. The highest BCUT2D eigenvalue weighted by atomic mass is 16.6. The molecule has 0 radical (unpaired) electrons. The fourth-order valence-electron chi connectivity index (χ4n) is 4.93. The predicted molar refractivity (Wildman–Crippen MR) is 123 cm³/mol. The Morgan fingerprint density at radius 1 is 0.781 bits per heavy atom. The first kappa shape index (κ1) is 24.6. The second-order valence-electron chi connectivity index (χ2n) is 10.7. The van der Waals surface area contributed by atoms with E-state index >= 15 is 0 Å². The number of hydrogen-bond donors (Lipinski definition) is 2. The fraction of sp³-hybridized carbons (Fsp3) is 0.875. The molecule has 3 aliphatic rings. The minimum Gasteiger partial charge on any atom is -0.444 e. The van der Waals surface area contributed by atoms with Gasteiger partial charge >= 0.3 is 12.1 Å². The van der Waals surface area contributed by atoms with Crippen molar-refractivity contribution in [3.63, 3.8) is 0 Å². The number of carbonyl (C=O) groups is 3. The third-order valence-electron chi connectivity index (χ3n) is 6.82. The number of hydrogen-bond acceptors (Lipinski definition) is 4. The molecule has 0 spiro atoms. The number of nitrogens with one attached hydrogen (secondary N) is 2. The van der Waals surface area contributed by atoms with Crippen LogP contribution in [-0.4, -0.2) is 71.7 Å². The van der Waals surface area contributed by atoms with Gasteiger partial charge in [-0.05, 0) is 65.2 Å². The predicted octanol–water partition coefficient (Wildman–Crippen LogP) is 3.65. The van der Waals surface area contributed by atoms with Crippen LogP contribution in [0.15, 0.2) is 0 Å². The van der Waals surface area contributed by atoms with Crippen LogP contribution in [0, 0.1) is 5.92 Å². The van der Waals surface area contributed by atoms with E-state index in [-0.39, 0.29) is 24.1 Å². The third-order valence-corrected chi connectivity index (χ3v) is 6.82. The lowest BCUT2D eigenvalue weighted by Gasteiger charge is -2.35. The van der Waals surface area contributed by atoms with Crippen LogP contribution in [0.1, 0.15) is 85.0 Å². The minimum absolute atomic E-state index is 0.0541. The van der Waals surface area contributed by atoms with Crippen molar-refractivity contribution < 1.29 is 19.1 Å². The van der Waals surface area contributed by atoms with Crippen molar-refractivity contribution >= 4 is 18.0 Å². The number of nitrogens with zero attached hydrogens (tertiary/aromatic N) is 2. The van der Waals surface area contributed by atoms with E-state index < -0.39 is 5.60 Å². The van der Waals surface area contributed by atoms with Gasteiger partial charge in [0.15, 0.2) is 0 Å². The van der Waals surface area contributed by atoms with E-state index in [2.05, 4.69) is 10.6 Å². The smallest absolute Gasteiger partial charge is 0.410 e. The molecule has 0 aromatic rings. The van der Waals surface area contributed by atoms with Crippen molar-refractivity contribution in [1.29, 1.82) is 0 Å². The zero-order valence-corrected chi connectivity index (χ0v) is 20.2. The number of likely N-dealkylation sites (tertiary alicyclic amines) is 2. The van der Waals surface area contributed by atoms with Gasteiger partial charge in [0, 0.05) is 44.7 Å². The summed E-state index contributed by atoms with van der Waals surface area (Å²) in [5.41, 5.74) is -0.486. The van der Waals surface area contributed by atoms with Crippen molar-refractivity contribution in [2.45, 2.75) is 103 Å². The summed E-state index contributed by atoms with van der Waals surface area (Å²) in [5.74, 6) is 0.390. The lowest BCUT2D eigenvalue weighted by molar-refractivity contribution is -0.123. The second-order valence-corrected chi connectivity index (χ2v) is 10.7. The van der Waals surface area contributed by atoms with Gasteiger partial charge in [0.2, 0.25) is 5.91 Å². The van der Waals surface area contributed by atoms with E-state index in [1.807, 2.05) is 25.7 Å². The van der Waals surface area contributed by atoms with Gasteiger partial charge in [-0.15, -0.1) is 0 Å². The van der Waals surface area contributed by atoms with Gasteiger partial charge in [0.25, 0.3) is 0 Å². The second kappa shape index (κ2) is 11.2. The molecule has 2 saturated heterocycles. The minimum atomic E-state index is -0.486. The van der Waals surface area contributed by atoms with Crippen molar-refractivity contribution in [2.24, 2.45) is 5.92 Å². The quantitative estimate of drug-likeness (QED) is 0.684. The average molecular weight is 451 g/mol. The third kappa shape index (κ3) is 7.85. The molecule has 0 aromatic heterocycles. The summed E-state index contributed by atoms with van der Waals surface area (Å²) >= 11 is 0. The van der Waals surface area contributed by atoms with Gasteiger partial charge in [-0.1, -0.05) is 19.3 Å². The van der Waals surface area contributed by atoms with Crippen LogP contribution in [0.4, 0.5) is 9.59 Å². The fourth-order valence-corrected chi connectivity index (χ4v) is 4.93. The Balaban J connectivity index is 1.31. The van der Waals surface area contributed by atoms with Crippen LogP contribution < -0.4 is 10.6 Å². The van der Waals surface area contributed by atoms with Crippen molar-refractivity contribution in [1.82, 2.24) is 20.4 Å². The van der Waals surface area contributed by atoms with E-state index in [4.69, 9.17) is 4.74 Å². The molecular weight excluding hydrogens is 408 g/mol. The van der Waals surface area contributed by atoms with Crippen molar-refractivity contribution in [2.75, 3.05) is 26.2 Å². The Labute approximate surface area is 192 Å². The molecule has 2 N–H and O–H groups in total. The summed E-state index contributed by atoms with van der Waals surface area (Å²) in [6, 6.07) is 0.525. The molecule has 4 amide bonds. The highest BCUT2D eigenvalue weighted by Gasteiger charge is 2.29. The van der Waals surface area contributed by atoms with Crippen molar-refractivity contribution in [3.8, 4) is 0 Å². The number of carbonyl (C=O) groups excluding carboxylic acids is 3. The highest BCUT2D eigenvalue weighted by molar-refractivity contribution is 5.77. The van der Waals surface area contributed by atoms with E-state index in [0.29, 0.717) is 44.6 Å². The number of amides is 4. The van der Waals surface area contributed by atoms with Crippen LogP contribution in [0.3, 0.4) is 0 Å². The van der Waals surface area contributed by atoms with Crippen LogP contribution >= 0.6 is 0 Å². The van der Waals surface area contributed by atoms with Gasteiger partial charge < -0.3 is 25.2 Å². The van der Waals surface area contributed by atoms with Crippen LogP contribution in [-0.2, 0) is 9.53 Å². The first-order valence-corrected chi connectivity index (χ1v) is 12.5. The van der Waals surface area contributed by atoms with E-state index in [1.54, 1.807) is 4.90 Å². The SMILES string of the molecule is CC(C)(C)OC(=O)N1CCC(CC(=O)NC2CCN(C(=O)NC3CCCCC3)CC2)CC1. The number of piperidine rings is 2. The molecule has 2 aliphatic heterocycles. The maximum absolute atomic E-state index is 12.6. The molecule has 182 valence electrons. The standard InChI is InChI=1S/C24H42N4O4/c1-24(2,3)32-23(31)28-13-9-18(10-14-28)17-21(29)25-20-11-15-27(16-12-20)22(30)26-19-7-5-4-6-8-19/h18-20H,4-17H2,1-3H3,(H,25,29)(H,26,30). The molecule has 3 fully saturated rings. The molecule has 2 heterocycles. The molecule has 3 rings (SSSR count). The molecule has 8 heteroatoms. The van der Waals surface area contributed by atoms with Crippen molar-refractivity contribution in [3.05, 3.63) is 0 Å². The van der Waals surface area contributed by atoms with E-state index in [1.165, 1.54) is 19.3 Å². The van der Waals surface area contributed by atoms with Crippen LogP contribution in [0.25, 0.3) is 0 Å². The summed E-state index contributed by atoms with van der Waals surface area (Å²) in [5, 5.41) is 6.35.